The molecule has 0 aliphatic rings. The van der Waals surface area contributed by atoms with Crippen molar-refractivity contribution in [2.75, 3.05) is 5.73 Å². The number of anilines is 1. The molecule has 0 radical (unpaired) electrons. The van der Waals surface area contributed by atoms with Gasteiger partial charge in [0.15, 0.2) is 5.82 Å². The highest BCUT2D eigenvalue weighted by molar-refractivity contribution is 7.14. The first-order valence-corrected chi connectivity index (χ1v) is 6.89. The zero-order valence-corrected chi connectivity index (χ0v) is 11.4. The van der Waals surface area contributed by atoms with Crippen molar-refractivity contribution in [2.24, 2.45) is 0 Å². The fourth-order valence-corrected chi connectivity index (χ4v) is 2.66. The molecule has 19 heavy (non-hydrogen) atoms. The lowest BCUT2D eigenvalue weighted by Gasteiger charge is -1.98. The number of thiophene rings is 1. The van der Waals surface area contributed by atoms with Gasteiger partial charge in [-0.1, -0.05) is 35.0 Å². The van der Waals surface area contributed by atoms with Crippen molar-refractivity contribution in [3.8, 4) is 10.8 Å². The normalized spacial score (nSPS) is 10.8. The van der Waals surface area contributed by atoms with Gasteiger partial charge in [0, 0.05) is 11.4 Å². The van der Waals surface area contributed by atoms with Crippen LogP contribution >= 0.6 is 22.9 Å². The van der Waals surface area contributed by atoms with Crippen LogP contribution in [0.4, 0.5) is 5.69 Å². The summed E-state index contributed by atoms with van der Waals surface area (Å²) in [6.45, 7) is 0. The second kappa shape index (κ2) is 5.03. The molecular weight excluding hydrogens is 282 g/mol. The molecule has 2 aromatic heterocycles. The van der Waals surface area contributed by atoms with Crippen LogP contribution in [0.2, 0.25) is 5.02 Å². The van der Waals surface area contributed by atoms with Crippen LogP contribution in [0.3, 0.4) is 0 Å². The summed E-state index contributed by atoms with van der Waals surface area (Å²) >= 11 is 7.58. The molecule has 0 saturated heterocycles. The molecule has 0 aliphatic carbocycles. The number of aromatic nitrogens is 2. The van der Waals surface area contributed by atoms with Gasteiger partial charge in [0.05, 0.1) is 5.69 Å². The third-order valence-corrected chi connectivity index (χ3v) is 3.95. The Balaban J connectivity index is 1.87. The number of hydrogen-bond acceptors (Lipinski definition) is 5. The second-order valence-corrected chi connectivity index (χ2v) is 5.31. The van der Waals surface area contributed by atoms with E-state index in [4.69, 9.17) is 21.9 Å². The number of nitrogens with zero attached hydrogens (tertiary/aromatic N) is 2. The quantitative estimate of drug-likeness (QED) is 0.800. The lowest BCUT2D eigenvalue weighted by Crippen LogP contribution is -1.91. The summed E-state index contributed by atoms with van der Waals surface area (Å²) in [6.07, 6.45) is 0.536. The van der Waals surface area contributed by atoms with Crippen LogP contribution < -0.4 is 5.73 Å². The molecule has 0 spiro atoms. The molecule has 2 N–H and O–H groups in total. The van der Waals surface area contributed by atoms with Crippen molar-refractivity contribution < 1.29 is 4.52 Å². The highest BCUT2D eigenvalue weighted by atomic mass is 35.5. The molecule has 0 saturated carbocycles. The molecule has 96 valence electrons. The number of hydrogen-bond donors (Lipinski definition) is 1. The second-order valence-electron chi connectivity index (χ2n) is 3.99. The maximum atomic E-state index is 6.10. The summed E-state index contributed by atoms with van der Waals surface area (Å²) in [5.74, 6) is 1.05. The lowest BCUT2D eigenvalue weighted by molar-refractivity contribution is 0.425. The Hall–Kier alpha value is -1.85. The maximum Gasteiger partial charge on any atom is 0.270 e. The van der Waals surface area contributed by atoms with Crippen molar-refractivity contribution in [2.45, 2.75) is 6.42 Å². The Kier molecular flexibility index (Phi) is 3.23. The van der Waals surface area contributed by atoms with Crippen molar-refractivity contribution >= 4 is 28.6 Å². The Morgan fingerprint density at radius 3 is 2.84 bits per heavy atom. The molecule has 1 aromatic carbocycles. The van der Waals surface area contributed by atoms with Gasteiger partial charge in [-0.05, 0) is 23.1 Å². The first-order valence-electron chi connectivity index (χ1n) is 5.63. The number of nitrogens with two attached hydrogens (primary N) is 1. The van der Waals surface area contributed by atoms with Crippen molar-refractivity contribution in [1.29, 1.82) is 0 Å². The predicted molar refractivity (Wildman–Crippen MR) is 76.3 cm³/mol. The first kappa shape index (κ1) is 12.2. The number of benzene rings is 1. The minimum Gasteiger partial charge on any atom is -0.397 e. The van der Waals surface area contributed by atoms with E-state index in [2.05, 4.69) is 10.1 Å². The van der Waals surface area contributed by atoms with E-state index in [0.29, 0.717) is 28.8 Å². The molecule has 4 nitrogen and oxygen atoms in total. The molecule has 3 aromatic rings. The Bertz CT molecular complexity index is 707. The molecule has 0 fully saturated rings. The van der Waals surface area contributed by atoms with Gasteiger partial charge in [0.2, 0.25) is 0 Å². The summed E-state index contributed by atoms with van der Waals surface area (Å²) in [5, 5.41) is 6.55. The smallest absolute Gasteiger partial charge is 0.270 e. The van der Waals surface area contributed by atoms with Crippen LogP contribution in [0.25, 0.3) is 10.8 Å². The minimum atomic E-state index is 0.453. The zero-order valence-electron chi connectivity index (χ0n) is 9.84. The fourth-order valence-electron chi connectivity index (χ4n) is 1.72. The van der Waals surface area contributed by atoms with Gasteiger partial charge in [-0.15, -0.1) is 11.3 Å². The molecule has 6 heteroatoms. The number of halogens is 1. The van der Waals surface area contributed by atoms with E-state index in [0.717, 1.165) is 10.4 Å². The largest absolute Gasteiger partial charge is 0.397 e. The van der Waals surface area contributed by atoms with Gasteiger partial charge >= 0.3 is 0 Å². The monoisotopic (exact) mass is 291 g/mol. The van der Waals surface area contributed by atoms with Crippen molar-refractivity contribution in [3.63, 3.8) is 0 Å². The van der Waals surface area contributed by atoms with Crippen LogP contribution in [0.1, 0.15) is 11.4 Å². The average molecular weight is 292 g/mol. The Morgan fingerprint density at radius 1 is 1.26 bits per heavy atom. The SMILES string of the molecule is Nc1ccsc1-c1nc(Cc2ccccc2Cl)no1. The summed E-state index contributed by atoms with van der Waals surface area (Å²) < 4.78 is 5.23. The van der Waals surface area contributed by atoms with Gasteiger partial charge in [-0.2, -0.15) is 4.98 Å². The van der Waals surface area contributed by atoms with E-state index in [9.17, 15) is 0 Å². The van der Waals surface area contributed by atoms with Gasteiger partial charge < -0.3 is 10.3 Å². The van der Waals surface area contributed by atoms with Gasteiger partial charge in [0.25, 0.3) is 5.89 Å². The van der Waals surface area contributed by atoms with Gasteiger partial charge in [0.1, 0.15) is 4.88 Å². The maximum absolute atomic E-state index is 6.10. The van der Waals surface area contributed by atoms with Crippen LogP contribution in [0, 0.1) is 0 Å². The fraction of sp³-hybridized carbons (Fsp3) is 0.0769. The van der Waals surface area contributed by atoms with Crippen molar-refractivity contribution in [3.05, 3.63) is 52.1 Å². The van der Waals surface area contributed by atoms with E-state index in [1.807, 2.05) is 35.7 Å². The first-order chi connectivity index (χ1) is 9.24. The van der Waals surface area contributed by atoms with E-state index < -0.39 is 0 Å². The minimum absolute atomic E-state index is 0.453. The summed E-state index contributed by atoms with van der Waals surface area (Å²) in [6, 6.07) is 9.42. The molecule has 0 atom stereocenters. The van der Waals surface area contributed by atoms with Crippen LogP contribution in [0.15, 0.2) is 40.2 Å². The van der Waals surface area contributed by atoms with Crippen LogP contribution in [-0.2, 0) is 6.42 Å². The third-order valence-electron chi connectivity index (χ3n) is 2.66. The summed E-state index contributed by atoms with van der Waals surface area (Å²) in [7, 11) is 0. The van der Waals surface area contributed by atoms with E-state index >= 15 is 0 Å². The summed E-state index contributed by atoms with van der Waals surface area (Å²) in [5.41, 5.74) is 7.44. The standard InChI is InChI=1S/C13H10ClN3OS/c14-9-4-2-1-3-8(9)7-11-16-13(18-17-11)12-10(15)5-6-19-12/h1-6H,7,15H2. The number of rotatable bonds is 3. The van der Waals surface area contributed by atoms with Gasteiger partial charge in [-0.25, -0.2) is 0 Å². The highest BCUT2D eigenvalue weighted by Gasteiger charge is 2.13. The molecular formula is C13H10ClN3OS. The van der Waals surface area contributed by atoms with Gasteiger partial charge in [-0.3, -0.25) is 0 Å². The van der Waals surface area contributed by atoms with E-state index in [1.165, 1.54) is 11.3 Å². The van der Waals surface area contributed by atoms with E-state index in [-0.39, 0.29) is 0 Å². The predicted octanol–water partition coefficient (Wildman–Crippen LogP) is 3.62. The third kappa shape index (κ3) is 2.47. The number of nitrogen functional groups attached to an aromatic ring is 1. The van der Waals surface area contributed by atoms with Crippen LogP contribution in [-0.4, -0.2) is 10.1 Å². The highest BCUT2D eigenvalue weighted by Crippen LogP contribution is 2.30. The summed E-state index contributed by atoms with van der Waals surface area (Å²) in [4.78, 5) is 5.15. The van der Waals surface area contributed by atoms with E-state index in [1.54, 1.807) is 0 Å². The van der Waals surface area contributed by atoms with Crippen molar-refractivity contribution in [1.82, 2.24) is 10.1 Å². The zero-order chi connectivity index (χ0) is 13.2. The molecule has 3 rings (SSSR count). The molecule has 0 bridgehead atoms. The topological polar surface area (TPSA) is 64.9 Å². The molecule has 0 aliphatic heterocycles. The van der Waals surface area contributed by atoms with Crippen LogP contribution in [0.5, 0.6) is 0 Å². The molecule has 0 unspecified atom stereocenters. The molecule has 2 heterocycles. The average Bonchev–Trinajstić information content (AvgIpc) is 3.01. The molecule has 0 amide bonds. The Morgan fingerprint density at radius 2 is 2.11 bits per heavy atom. The Labute approximate surface area is 118 Å². The lowest BCUT2D eigenvalue weighted by atomic mass is 10.1.